The molecule has 0 amide bonds. The lowest BCUT2D eigenvalue weighted by atomic mass is 9.86. The van der Waals surface area contributed by atoms with Gasteiger partial charge in [0.25, 0.3) is 5.60 Å². The Morgan fingerprint density at radius 1 is 0.500 bits per heavy atom. The number of alkyl halides is 15. The smallest absolute Gasteiger partial charge is 0.432 e. The topological polar surface area (TPSA) is 140 Å². The van der Waals surface area contributed by atoms with Crippen molar-refractivity contribution in [2.45, 2.75) is 127 Å². The summed E-state index contributed by atoms with van der Waals surface area (Å²) in [5, 5.41) is 28.2. The van der Waals surface area contributed by atoms with Crippen LogP contribution >= 0.6 is 0 Å². The maximum Gasteiger partial charge on any atom is 0.432 e. The molecule has 0 spiro atoms. The summed E-state index contributed by atoms with van der Waals surface area (Å²) in [5.74, 6) is -3.24. The second-order valence-corrected chi connectivity index (χ2v) is 15.7. The van der Waals surface area contributed by atoms with Crippen LogP contribution in [-0.2, 0) is 51.0 Å². The highest BCUT2D eigenvalue weighted by Gasteiger charge is 2.72. The van der Waals surface area contributed by atoms with Gasteiger partial charge in [-0.1, -0.05) is 62.2 Å². The normalized spacial score (nSPS) is 15.4. The number of rotatable bonds is 13. The van der Waals surface area contributed by atoms with Crippen LogP contribution in [0.4, 0.5) is 65.9 Å². The zero-order chi connectivity index (χ0) is 52.7. The SMILES string of the molecule is C=C(C)C(=O)OC(C)(c1ccc(C(C)(O)C(F)(F)F)cc1)C(F)(F)F.C=C(C)C(=O)OC(C)(c1cccc(C(O)(C(F)(F)F)C(F)(F)F)c1)C(F)(F)F.C=C(C)C(=O)OCCCC(C)(C)O. The highest BCUT2D eigenvalue weighted by atomic mass is 19.4. The lowest BCUT2D eigenvalue weighted by Crippen LogP contribution is -2.54. The van der Waals surface area contributed by atoms with Crippen LogP contribution in [0.2, 0.25) is 0 Å². The van der Waals surface area contributed by atoms with E-state index in [0.29, 0.717) is 75.3 Å². The highest BCUT2D eigenvalue weighted by Crippen LogP contribution is 2.52. The summed E-state index contributed by atoms with van der Waals surface area (Å²) in [6, 6.07) is 3.76. The molecule has 2 rings (SSSR count). The largest absolute Gasteiger partial charge is 0.462 e. The van der Waals surface area contributed by atoms with Gasteiger partial charge in [-0.2, -0.15) is 65.9 Å². The van der Waals surface area contributed by atoms with Crippen molar-refractivity contribution in [2.24, 2.45) is 0 Å². The standard InChI is InChI=1S/C16H13F9O3.C16H16F6O3.C10H18O3/c1-8(2)11(26)28-12(3,14(17,18)19)9-5-4-6-10(7-9)13(27,15(20,21)22)16(23,24)25;1-9(2)12(23)25-14(4,16(20,21)22)11-7-5-10(6-8-11)13(3,24)15(17,18)19;1-8(2)9(11)13-7-5-6-10(3,4)12/h4-7,27H,1H2,2-3H3;5-8,24H,1H2,2-4H3;12H,1,5-7H2,2-4H3. The Morgan fingerprint density at radius 2 is 0.848 bits per heavy atom. The van der Waals surface area contributed by atoms with Crippen LogP contribution in [0.1, 0.15) is 90.5 Å². The minimum absolute atomic E-state index is 0.155. The summed E-state index contributed by atoms with van der Waals surface area (Å²) in [4.78, 5) is 34.0. The third-order valence-corrected chi connectivity index (χ3v) is 9.09. The van der Waals surface area contributed by atoms with Crippen LogP contribution in [0.15, 0.2) is 85.0 Å². The molecule has 66 heavy (non-hydrogen) atoms. The molecular formula is C42H47F15O9. The van der Waals surface area contributed by atoms with Gasteiger partial charge in [-0.05, 0) is 79.9 Å². The molecule has 0 fully saturated rings. The van der Waals surface area contributed by atoms with Crippen molar-refractivity contribution in [3.05, 3.63) is 107 Å². The fourth-order valence-electron chi connectivity index (χ4n) is 4.70. The second kappa shape index (κ2) is 21.2. The number of carbonyl (C=O) groups excluding carboxylic acids is 3. The van der Waals surface area contributed by atoms with Crippen molar-refractivity contribution in [3.8, 4) is 0 Å². The van der Waals surface area contributed by atoms with E-state index < -0.39 is 98.7 Å². The van der Waals surface area contributed by atoms with E-state index in [1.165, 1.54) is 0 Å². The predicted octanol–water partition coefficient (Wildman–Crippen LogP) is 10.9. The number of hydrogen-bond acceptors (Lipinski definition) is 9. The van der Waals surface area contributed by atoms with Gasteiger partial charge in [-0.3, -0.25) is 0 Å². The zero-order valence-corrected chi connectivity index (χ0v) is 36.3. The van der Waals surface area contributed by atoms with Crippen LogP contribution in [0.25, 0.3) is 0 Å². The first-order valence-corrected chi connectivity index (χ1v) is 18.5. The van der Waals surface area contributed by atoms with Crippen molar-refractivity contribution in [2.75, 3.05) is 6.61 Å². The molecule has 0 aromatic heterocycles. The van der Waals surface area contributed by atoms with Gasteiger partial charge in [-0.25, -0.2) is 14.4 Å². The van der Waals surface area contributed by atoms with Gasteiger partial charge in [0.05, 0.1) is 12.2 Å². The maximum atomic E-state index is 13.5. The minimum atomic E-state index is -6.30. The van der Waals surface area contributed by atoms with E-state index in [1.54, 1.807) is 20.8 Å². The zero-order valence-electron chi connectivity index (χ0n) is 36.3. The summed E-state index contributed by atoms with van der Waals surface area (Å²) in [6.45, 7) is 18.6. The first-order chi connectivity index (χ1) is 29.2. The Morgan fingerprint density at radius 3 is 1.17 bits per heavy atom. The Labute approximate surface area is 368 Å². The predicted molar refractivity (Wildman–Crippen MR) is 204 cm³/mol. The molecule has 3 unspecified atom stereocenters. The molecule has 0 aliphatic rings. The Balaban J connectivity index is 0.00000102. The number of aliphatic hydroxyl groups is 3. The number of carbonyl (C=O) groups is 3. The van der Waals surface area contributed by atoms with Crippen molar-refractivity contribution >= 4 is 17.9 Å². The molecule has 2 aromatic carbocycles. The average molecular weight is 981 g/mol. The number of benzene rings is 2. The quantitative estimate of drug-likeness (QED) is 0.0588. The first-order valence-electron chi connectivity index (χ1n) is 18.5. The Bertz CT molecular complexity index is 2030. The Hall–Kier alpha value is -5.10. The van der Waals surface area contributed by atoms with Gasteiger partial charge in [0.2, 0.25) is 11.2 Å². The summed E-state index contributed by atoms with van der Waals surface area (Å²) < 4.78 is 211. The molecular weight excluding hydrogens is 933 g/mol. The molecule has 0 saturated heterocycles. The van der Waals surface area contributed by atoms with Crippen molar-refractivity contribution in [1.82, 2.24) is 0 Å². The summed E-state index contributed by atoms with van der Waals surface area (Å²) >= 11 is 0. The van der Waals surface area contributed by atoms with Crippen LogP contribution < -0.4 is 0 Å². The van der Waals surface area contributed by atoms with E-state index in [9.17, 15) is 95.6 Å². The molecule has 0 aliphatic heterocycles. The summed E-state index contributed by atoms with van der Waals surface area (Å²) in [7, 11) is 0. The van der Waals surface area contributed by atoms with E-state index in [4.69, 9.17) is 4.74 Å². The Kier molecular flexibility index (Phi) is 19.6. The minimum Gasteiger partial charge on any atom is -0.462 e. The van der Waals surface area contributed by atoms with Gasteiger partial charge in [0.1, 0.15) is 0 Å². The van der Waals surface area contributed by atoms with Gasteiger partial charge < -0.3 is 29.5 Å². The van der Waals surface area contributed by atoms with Crippen LogP contribution in [0.3, 0.4) is 0 Å². The maximum absolute atomic E-state index is 13.5. The molecule has 0 bridgehead atoms. The molecule has 3 atom stereocenters. The van der Waals surface area contributed by atoms with Gasteiger partial charge in [0, 0.05) is 33.4 Å². The van der Waals surface area contributed by atoms with Gasteiger partial charge in [-0.15, -0.1) is 0 Å². The number of halogens is 15. The van der Waals surface area contributed by atoms with Crippen LogP contribution in [0, 0.1) is 0 Å². The fourth-order valence-corrected chi connectivity index (χ4v) is 4.70. The van der Waals surface area contributed by atoms with Crippen molar-refractivity contribution in [3.63, 3.8) is 0 Å². The van der Waals surface area contributed by atoms with Gasteiger partial charge in [0.15, 0.2) is 5.60 Å². The third kappa shape index (κ3) is 15.2. The van der Waals surface area contributed by atoms with E-state index in [2.05, 4.69) is 29.2 Å². The first kappa shape index (κ1) is 60.9. The van der Waals surface area contributed by atoms with E-state index >= 15 is 0 Å². The molecule has 9 nitrogen and oxygen atoms in total. The molecule has 2 aromatic rings. The lowest BCUT2D eigenvalue weighted by Gasteiger charge is -2.35. The molecule has 374 valence electrons. The summed E-state index contributed by atoms with van der Waals surface area (Å²) in [6.07, 6.45) is -26.8. The number of ether oxygens (including phenoxy) is 3. The van der Waals surface area contributed by atoms with Gasteiger partial charge >= 0.3 is 48.8 Å². The second-order valence-electron chi connectivity index (χ2n) is 15.7. The van der Waals surface area contributed by atoms with Crippen LogP contribution in [-0.4, -0.2) is 76.3 Å². The third-order valence-electron chi connectivity index (χ3n) is 9.09. The number of hydrogen-bond donors (Lipinski definition) is 3. The molecule has 3 N–H and O–H groups in total. The molecule has 0 aliphatic carbocycles. The molecule has 0 saturated carbocycles. The number of esters is 3. The average Bonchev–Trinajstić information content (AvgIpc) is 3.13. The highest BCUT2D eigenvalue weighted by molar-refractivity contribution is 5.88. The monoisotopic (exact) mass is 980 g/mol. The summed E-state index contributed by atoms with van der Waals surface area (Å²) in [5.41, 5.74) is -20.9. The van der Waals surface area contributed by atoms with E-state index in [0.717, 1.165) is 13.8 Å². The lowest BCUT2D eigenvalue weighted by molar-refractivity contribution is -0.376. The van der Waals surface area contributed by atoms with E-state index in [-0.39, 0.29) is 30.6 Å². The van der Waals surface area contributed by atoms with Crippen molar-refractivity contribution in [1.29, 1.82) is 0 Å². The molecule has 0 heterocycles. The fraction of sp³-hybridized carbons (Fsp3) is 0.500. The van der Waals surface area contributed by atoms with Crippen LogP contribution in [0.5, 0.6) is 0 Å². The molecule has 24 heteroatoms. The molecule has 0 radical (unpaired) electrons. The van der Waals surface area contributed by atoms with Crippen molar-refractivity contribution < 1.29 is 110 Å². The van der Waals surface area contributed by atoms with E-state index in [1.807, 2.05) is 0 Å².